The fraction of sp³-hybridized carbons (Fsp3) is 0.167. The van der Waals surface area contributed by atoms with Crippen LogP contribution in [0, 0.1) is 0 Å². The van der Waals surface area contributed by atoms with Crippen LogP contribution in [0.2, 0.25) is 0 Å². The summed E-state index contributed by atoms with van der Waals surface area (Å²) in [5.74, 6) is 1.92. The highest BCUT2D eigenvalue weighted by molar-refractivity contribution is 6.17. The monoisotopic (exact) mass is 465 g/mol. The molecule has 0 bridgehead atoms. The number of carbonyl (C=O) groups excluding carboxylic acids is 1. The summed E-state index contributed by atoms with van der Waals surface area (Å²) < 4.78 is 18.2. The fourth-order valence-corrected chi connectivity index (χ4v) is 4.30. The summed E-state index contributed by atoms with van der Waals surface area (Å²) in [5.41, 5.74) is 4.68. The molecule has 0 saturated carbocycles. The number of furan rings is 1. The highest BCUT2D eigenvalue weighted by Crippen LogP contribution is 2.46. The molecule has 0 amide bonds. The number of likely N-dealkylation sites (N-methyl/N-ethyl adjacent to an activating group) is 1. The van der Waals surface area contributed by atoms with E-state index in [4.69, 9.17) is 13.9 Å². The lowest BCUT2D eigenvalue weighted by Crippen LogP contribution is -2.19. The number of hydrogen-bond donors (Lipinski definition) is 0. The Morgan fingerprint density at radius 3 is 2.60 bits per heavy atom. The number of fused-ring (bicyclic) bond motifs is 3. The normalized spacial score (nSPS) is 12.9. The molecule has 1 aromatic heterocycles. The number of ketones is 1. The minimum absolute atomic E-state index is 0.214. The molecule has 0 fully saturated rings. The fourth-order valence-electron chi connectivity index (χ4n) is 4.30. The molecule has 0 aliphatic carbocycles. The van der Waals surface area contributed by atoms with Gasteiger partial charge < -0.3 is 18.8 Å². The zero-order valence-electron chi connectivity index (χ0n) is 20.1. The van der Waals surface area contributed by atoms with E-state index in [1.165, 1.54) is 0 Å². The van der Waals surface area contributed by atoms with Gasteiger partial charge in [0, 0.05) is 23.2 Å². The first-order valence-corrected chi connectivity index (χ1v) is 11.5. The SMILES string of the molecule is C=C1C=C(C)c2ccc3oc(C(=O)c4cccc(OCCN(C)C)c4)c(-c4ccccc4)c3c2O1. The Kier molecular flexibility index (Phi) is 6.01. The molecule has 1 aliphatic rings. The van der Waals surface area contributed by atoms with E-state index in [1.807, 2.05) is 86.6 Å². The zero-order chi connectivity index (χ0) is 24.5. The first-order chi connectivity index (χ1) is 16.9. The molecular formula is C30H27NO4. The summed E-state index contributed by atoms with van der Waals surface area (Å²) in [6.45, 7) is 7.33. The van der Waals surface area contributed by atoms with Gasteiger partial charge in [-0.3, -0.25) is 4.79 Å². The molecule has 0 spiro atoms. The Bertz CT molecular complexity index is 1460. The first-order valence-electron chi connectivity index (χ1n) is 11.5. The van der Waals surface area contributed by atoms with Crippen molar-refractivity contribution < 1.29 is 18.7 Å². The van der Waals surface area contributed by atoms with Crippen molar-refractivity contribution in [1.82, 2.24) is 4.90 Å². The maximum atomic E-state index is 13.8. The molecule has 2 heterocycles. The first kappa shape index (κ1) is 22.7. The second kappa shape index (κ2) is 9.28. The smallest absolute Gasteiger partial charge is 0.229 e. The summed E-state index contributed by atoms with van der Waals surface area (Å²) in [4.78, 5) is 15.9. The van der Waals surface area contributed by atoms with Crippen molar-refractivity contribution in [3.8, 4) is 22.6 Å². The largest absolute Gasteiger partial charge is 0.492 e. The lowest BCUT2D eigenvalue weighted by atomic mass is 9.94. The molecule has 35 heavy (non-hydrogen) atoms. The summed E-state index contributed by atoms with van der Waals surface area (Å²) in [5, 5.41) is 0.768. The third kappa shape index (κ3) is 4.38. The van der Waals surface area contributed by atoms with Crippen molar-refractivity contribution in [2.45, 2.75) is 6.92 Å². The molecular weight excluding hydrogens is 438 g/mol. The number of ether oxygens (including phenoxy) is 2. The van der Waals surface area contributed by atoms with Gasteiger partial charge in [0.2, 0.25) is 5.78 Å². The molecule has 5 heteroatoms. The second-order valence-corrected chi connectivity index (χ2v) is 8.89. The van der Waals surface area contributed by atoms with Crippen LogP contribution in [0.25, 0.3) is 27.7 Å². The quantitative estimate of drug-likeness (QED) is 0.289. The molecule has 0 atom stereocenters. The number of rotatable bonds is 7. The van der Waals surface area contributed by atoms with E-state index in [9.17, 15) is 4.79 Å². The predicted molar refractivity (Wildman–Crippen MR) is 139 cm³/mol. The zero-order valence-corrected chi connectivity index (χ0v) is 20.1. The van der Waals surface area contributed by atoms with Gasteiger partial charge in [0.1, 0.15) is 29.4 Å². The van der Waals surface area contributed by atoms with Crippen LogP contribution in [0.15, 0.2) is 89.6 Å². The van der Waals surface area contributed by atoms with Crippen molar-refractivity contribution in [2.24, 2.45) is 0 Å². The summed E-state index contributed by atoms with van der Waals surface area (Å²) >= 11 is 0. The molecule has 5 rings (SSSR count). The van der Waals surface area contributed by atoms with Crippen LogP contribution in [-0.2, 0) is 0 Å². The van der Waals surface area contributed by atoms with E-state index in [0.29, 0.717) is 40.6 Å². The topological polar surface area (TPSA) is 51.9 Å². The van der Waals surface area contributed by atoms with Crippen LogP contribution >= 0.6 is 0 Å². The van der Waals surface area contributed by atoms with E-state index in [2.05, 4.69) is 6.58 Å². The minimum Gasteiger partial charge on any atom is -0.492 e. The van der Waals surface area contributed by atoms with Crippen LogP contribution in [-0.4, -0.2) is 37.9 Å². The highest BCUT2D eigenvalue weighted by atomic mass is 16.5. The maximum Gasteiger partial charge on any atom is 0.229 e. The van der Waals surface area contributed by atoms with Crippen LogP contribution in [0.1, 0.15) is 28.6 Å². The van der Waals surface area contributed by atoms with Gasteiger partial charge in [-0.1, -0.05) is 49.0 Å². The Hall–Kier alpha value is -4.09. The van der Waals surface area contributed by atoms with Gasteiger partial charge in [-0.05, 0) is 62.5 Å². The maximum absolute atomic E-state index is 13.8. The van der Waals surface area contributed by atoms with Gasteiger partial charge in [0.05, 0.1) is 5.39 Å². The predicted octanol–water partition coefficient (Wildman–Crippen LogP) is 6.58. The van der Waals surface area contributed by atoms with E-state index in [0.717, 1.165) is 28.6 Å². The van der Waals surface area contributed by atoms with Crippen LogP contribution in [0.3, 0.4) is 0 Å². The standard InChI is InChI=1S/C30H27NO4/c1-19-17-20(2)34-29-24(19)13-14-25-27(29)26(21-9-6-5-7-10-21)30(35-25)28(32)22-11-8-12-23(18-22)33-16-15-31(3)4/h5-14,17-18H,2,15-16H2,1,3-4H3. The summed E-state index contributed by atoms with van der Waals surface area (Å²) in [7, 11) is 3.98. The Labute approximate surface area is 204 Å². The van der Waals surface area contributed by atoms with Crippen LogP contribution in [0.4, 0.5) is 0 Å². The molecule has 3 aromatic carbocycles. The Morgan fingerprint density at radius 2 is 1.83 bits per heavy atom. The van der Waals surface area contributed by atoms with Crippen molar-refractivity contribution in [1.29, 1.82) is 0 Å². The lowest BCUT2D eigenvalue weighted by Gasteiger charge is -2.18. The van der Waals surface area contributed by atoms with E-state index >= 15 is 0 Å². The van der Waals surface area contributed by atoms with Gasteiger partial charge in [-0.15, -0.1) is 0 Å². The van der Waals surface area contributed by atoms with Crippen LogP contribution in [0.5, 0.6) is 11.5 Å². The van der Waals surface area contributed by atoms with Gasteiger partial charge in [-0.2, -0.15) is 0 Å². The average Bonchev–Trinajstić information content (AvgIpc) is 3.24. The number of allylic oxidation sites excluding steroid dienone is 2. The van der Waals surface area contributed by atoms with Crippen molar-refractivity contribution >= 4 is 22.3 Å². The average molecular weight is 466 g/mol. The molecule has 4 aromatic rings. The molecule has 0 unspecified atom stereocenters. The second-order valence-electron chi connectivity index (χ2n) is 8.89. The number of benzene rings is 3. The van der Waals surface area contributed by atoms with Crippen molar-refractivity contribution in [3.05, 3.63) is 102 Å². The number of nitrogens with zero attached hydrogens (tertiary/aromatic N) is 1. The third-order valence-corrected chi connectivity index (χ3v) is 6.02. The molecule has 0 N–H and O–H groups in total. The van der Waals surface area contributed by atoms with E-state index in [-0.39, 0.29) is 11.5 Å². The van der Waals surface area contributed by atoms with Gasteiger partial charge in [-0.25, -0.2) is 0 Å². The van der Waals surface area contributed by atoms with Gasteiger partial charge in [0.15, 0.2) is 5.76 Å². The summed E-state index contributed by atoms with van der Waals surface area (Å²) in [6, 6.07) is 20.9. The lowest BCUT2D eigenvalue weighted by molar-refractivity contribution is 0.101. The number of hydrogen-bond acceptors (Lipinski definition) is 5. The van der Waals surface area contributed by atoms with Crippen LogP contribution < -0.4 is 9.47 Å². The Morgan fingerprint density at radius 1 is 1.03 bits per heavy atom. The van der Waals surface area contributed by atoms with Crippen molar-refractivity contribution in [3.63, 3.8) is 0 Å². The van der Waals surface area contributed by atoms with Gasteiger partial charge >= 0.3 is 0 Å². The summed E-state index contributed by atoms with van der Waals surface area (Å²) in [6.07, 6.45) is 1.91. The number of carbonyl (C=O) groups is 1. The molecule has 0 saturated heterocycles. The van der Waals surface area contributed by atoms with Crippen molar-refractivity contribution in [2.75, 3.05) is 27.2 Å². The molecule has 0 radical (unpaired) electrons. The molecule has 1 aliphatic heterocycles. The Balaban J connectivity index is 1.65. The third-order valence-electron chi connectivity index (χ3n) is 6.02. The van der Waals surface area contributed by atoms with Gasteiger partial charge in [0.25, 0.3) is 0 Å². The van der Waals surface area contributed by atoms with E-state index in [1.54, 1.807) is 12.1 Å². The van der Waals surface area contributed by atoms with E-state index < -0.39 is 0 Å². The highest BCUT2D eigenvalue weighted by Gasteiger charge is 2.28. The minimum atomic E-state index is -0.214. The molecule has 5 nitrogen and oxygen atoms in total. The molecule has 176 valence electrons.